The molecule has 7 heteroatoms. The number of rotatable bonds is 4. The molecule has 0 bridgehead atoms. The second-order valence-electron chi connectivity index (χ2n) is 6.99. The van der Waals surface area contributed by atoms with Crippen LogP contribution in [0.15, 0.2) is 12.5 Å². The Morgan fingerprint density at radius 1 is 1.33 bits per heavy atom. The van der Waals surface area contributed by atoms with Gasteiger partial charge in [0.25, 0.3) is 0 Å². The zero-order valence-electron chi connectivity index (χ0n) is 14.2. The lowest BCUT2D eigenvalue weighted by Gasteiger charge is -2.35. The first-order valence-corrected chi connectivity index (χ1v) is 9.22. The largest absolute Gasteiger partial charge is 0.353 e. The van der Waals surface area contributed by atoms with Crippen molar-refractivity contribution in [2.75, 3.05) is 37.6 Å². The first-order chi connectivity index (χ1) is 11.6. The summed E-state index contributed by atoms with van der Waals surface area (Å²) in [5.41, 5.74) is 0. The fourth-order valence-electron chi connectivity index (χ4n) is 3.70. The smallest absolute Gasteiger partial charge is 0.234 e. The SMILES string of the molecule is CC1CCCC(NC(=O)CN2CCN(c3ncncc3Cl)CC2)C1. The molecule has 2 unspecified atom stereocenters. The number of carbonyl (C=O) groups is 1. The van der Waals surface area contributed by atoms with Gasteiger partial charge in [-0.1, -0.05) is 31.4 Å². The van der Waals surface area contributed by atoms with Crippen molar-refractivity contribution in [3.63, 3.8) is 0 Å². The number of anilines is 1. The minimum Gasteiger partial charge on any atom is -0.353 e. The topological polar surface area (TPSA) is 61.4 Å². The van der Waals surface area contributed by atoms with Gasteiger partial charge in [-0.3, -0.25) is 9.69 Å². The van der Waals surface area contributed by atoms with E-state index in [-0.39, 0.29) is 5.91 Å². The van der Waals surface area contributed by atoms with Crippen LogP contribution in [0.1, 0.15) is 32.6 Å². The molecule has 1 aromatic rings. The maximum Gasteiger partial charge on any atom is 0.234 e. The normalized spacial score (nSPS) is 25.5. The number of nitrogens with zero attached hydrogens (tertiary/aromatic N) is 4. The van der Waals surface area contributed by atoms with Gasteiger partial charge < -0.3 is 10.2 Å². The molecule has 2 fully saturated rings. The first-order valence-electron chi connectivity index (χ1n) is 8.84. The van der Waals surface area contributed by atoms with Crippen molar-refractivity contribution < 1.29 is 4.79 Å². The first kappa shape index (κ1) is 17.4. The van der Waals surface area contributed by atoms with E-state index >= 15 is 0 Å². The molecule has 1 saturated carbocycles. The second kappa shape index (κ2) is 8.12. The van der Waals surface area contributed by atoms with Crippen LogP contribution in [-0.4, -0.2) is 59.5 Å². The molecule has 3 rings (SSSR count). The Labute approximate surface area is 148 Å². The van der Waals surface area contributed by atoms with E-state index in [1.807, 2.05) is 0 Å². The van der Waals surface area contributed by atoms with E-state index in [1.165, 1.54) is 19.2 Å². The van der Waals surface area contributed by atoms with Crippen LogP contribution in [0.25, 0.3) is 0 Å². The number of aromatic nitrogens is 2. The van der Waals surface area contributed by atoms with E-state index in [0.29, 0.717) is 17.6 Å². The molecule has 2 heterocycles. The zero-order chi connectivity index (χ0) is 16.9. The Balaban J connectivity index is 1.43. The minimum atomic E-state index is 0.155. The summed E-state index contributed by atoms with van der Waals surface area (Å²) < 4.78 is 0. The van der Waals surface area contributed by atoms with Crippen LogP contribution >= 0.6 is 11.6 Å². The van der Waals surface area contributed by atoms with Crippen LogP contribution in [0.5, 0.6) is 0 Å². The van der Waals surface area contributed by atoms with E-state index in [2.05, 4.69) is 32.0 Å². The number of amides is 1. The van der Waals surface area contributed by atoms with E-state index in [4.69, 9.17) is 11.6 Å². The fourth-order valence-corrected chi connectivity index (χ4v) is 3.92. The van der Waals surface area contributed by atoms with Gasteiger partial charge in [-0.2, -0.15) is 0 Å². The quantitative estimate of drug-likeness (QED) is 0.898. The van der Waals surface area contributed by atoms with Gasteiger partial charge in [-0.05, 0) is 18.8 Å². The van der Waals surface area contributed by atoms with Gasteiger partial charge in [0.15, 0.2) is 5.82 Å². The molecule has 24 heavy (non-hydrogen) atoms. The van der Waals surface area contributed by atoms with Gasteiger partial charge >= 0.3 is 0 Å². The van der Waals surface area contributed by atoms with Crippen LogP contribution in [0.4, 0.5) is 5.82 Å². The number of nitrogens with one attached hydrogen (secondary N) is 1. The van der Waals surface area contributed by atoms with Crippen molar-refractivity contribution in [2.45, 2.75) is 38.6 Å². The van der Waals surface area contributed by atoms with Crippen molar-refractivity contribution in [2.24, 2.45) is 5.92 Å². The highest BCUT2D eigenvalue weighted by Gasteiger charge is 2.24. The van der Waals surface area contributed by atoms with E-state index in [0.717, 1.165) is 50.8 Å². The lowest BCUT2D eigenvalue weighted by Crippen LogP contribution is -2.51. The molecule has 1 aliphatic heterocycles. The molecule has 1 saturated heterocycles. The number of hydrogen-bond acceptors (Lipinski definition) is 5. The summed E-state index contributed by atoms with van der Waals surface area (Å²) >= 11 is 6.15. The van der Waals surface area contributed by atoms with Gasteiger partial charge in [-0.25, -0.2) is 9.97 Å². The fraction of sp³-hybridized carbons (Fsp3) is 0.706. The molecular weight excluding hydrogens is 326 g/mol. The van der Waals surface area contributed by atoms with Gasteiger partial charge in [0, 0.05) is 32.2 Å². The van der Waals surface area contributed by atoms with Crippen molar-refractivity contribution in [1.29, 1.82) is 0 Å². The minimum absolute atomic E-state index is 0.155. The number of piperazine rings is 1. The number of carbonyl (C=O) groups excluding carboxylic acids is 1. The van der Waals surface area contributed by atoms with Gasteiger partial charge in [0.2, 0.25) is 5.91 Å². The molecule has 2 aliphatic rings. The molecule has 1 aromatic heterocycles. The third-order valence-electron chi connectivity index (χ3n) is 4.99. The Hall–Kier alpha value is -1.40. The summed E-state index contributed by atoms with van der Waals surface area (Å²) in [7, 11) is 0. The third kappa shape index (κ3) is 4.57. The van der Waals surface area contributed by atoms with Crippen molar-refractivity contribution in [3.05, 3.63) is 17.5 Å². The standard InChI is InChI=1S/C17H26ClN5O/c1-13-3-2-4-14(9-13)21-16(24)11-22-5-7-23(8-6-22)17-15(18)10-19-12-20-17/h10,12-14H,2-9,11H2,1H3,(H,21,24). The van der Waals surface area contributed by atoms with Gasteiger partial charge in [0.1, 0.15) is 11.3 Å². The summed E-state index contributed by atoms with van der Waals surface area (Å²) in [4.78, 5) is 24.8. The molecule has 2 atom stereocenters. The van der Waals surface area contributed by atoms with E-state index in [1.54, 1.807) is 6.20 Å². The van der Waals surface area contributed by atoms with Gasteiger partial charge in [-0.15, -0.1) is 0 Å². The summed E-state index contributed by atoms with van der Waals surface area (Å²) in [5, 5.41) is 3.79. The Morgan fingerprint density at radius 3 is 2.83 bits per heavy atom. The second-order valence-corrected chi connectivity index (χ2v) is 7.40. The van der Waals surface area contributed by atoms with Crippen molar-refractivity contribution in [1.82, 2.24) is 20.2 Å². The zero-order valence-corrected chi connectivity index (χ0v) is 15.0. The lowest BCUT2D eigenvalue weighted by atomic mass is 9.87. The third-order valence-corrected chi connectivity index (χ3v) is 5.26. The number of halogens is 1. The predicted molar refractivity (Wildman–Crippen MR) is 95.3 cm³/mol. The number of hydrogen-bond donors (Lipinski definition) is 1. The van der Waals surface area contributed by atoms with Crippen molar-refractivity contribution >= 4 is 23.3 Å². The average Bonchev–Trinajstić information content (AvgIpc) is 2.56. The lowest BCUT2D eigenvalue weighted by molar-refractivity contribution is -0.123. The summed E-state index contributed by atoms with van der Waals surface area (Å²) in [6.07, 6.45) is 7.90. The summed E-state index contributed by atoms with van der Waals surface area (Å²) in [6.45, 7) is 6.09. The molecular formula is C17H26ClN5O. The molecule has 1 amide bonds. The highest BCUT2D eigenvalue weighted by Crippen LogP contribution is 2.24. The van der Waals surface area contributed by atoms with Crippen LogP contribution in [-0.2, 0) is 4.79 Å². The summed E-state index contributed by atoms with van der Waals surface area (Å²) in [6, 6.07) is 0.363. The molecule has 1 aliphatic carbocycles. The van der Waals surface area contributed by atoms with E-state index < -0.39 is 0 Å². The molecule has 1 N–H and O–H groups in total. The van der Waals surface area contributed by atoms with Crippen LogP contribution in [0.2, 0.25) is 5.02 Å². The molecule has 0 spiro atoms. The Bertz CT molecular complexity index is 562. The Kier molecular flexibility index (Phi) is 5.89. The summed E-state index contributed by atoms with van der Waals surface area (Å²) in [5.74, 6) is 1.67. The highest BCUT2D eigenvalue weighted by molar-refractivity contribution is 6.32. The van der Waals surface area contributed by atoms with Crippen LogP contribution in [0, 0.1) is 5.92 Å². The molecule has 0 aromatic carbocycles. The maximum absolute atomic E-state index is 12.3. The molecule has 0 radical (unpaired) electrons. The predicted octanol–water partition coefficient (Wildman–Crippen LogP) is 1.95. The van der Waals surface area contributed by atoms with Crippen molar-refractivity contribution in [3.8, 4) is 0 Å². The molecule has 6 nitrogen and oxygen atoms in total. The monoisotopic (exact) mass is 351 g/mol. The maximum atomic E-state index is 12.3. The van der Waals surface area contributed by atoms with Crippen LogP contribution < -0.4 is 10.2 Å². The van der Waals surface area contributed by atoms with Gasteiger partial charge in [0.05, 0.1) is 12.7 Å². The average molecular weight is 352 g/mol. The highest BCUT2D eigenvalue weighted by atomic mass is 35.5. The molecule has 132 valence electrons. The van der Waals surface area contributed by atoms with E-state index in [9.17, 15) is 4.79 Å². The Morgan fingerprint density at radius 2 is 2.12 bits per heavy atom. The van der Waals surface area contributed by atoms with Crippen LogP contribution in [0.3, 0.4) is 0 Å².